The van der Waals surface area contributed by atoms with Crippen molar-refractivity contribution in [2.75, 3.05) is 47.1 Å². The maximum absolute atomic E-state index is 13.1. The topological polar surface area (TPSA) is 110 Å². The molecule has 99 heavy (non-hydrogen) atoms. The quantitative estimate of drug-likeness (QED) is 0.0182. The van der Waals surface area contributed by atoms with Gasteiger partial charge in [-0.2, -0.15) is 0 Å². The van der Waals surface area contributed by atoms with Crippen molar-refractivity contribution in [2.24, 2.45) is 11.8 Å². The Morgan fingerprint density at radius 3 is 2.04 bits per heavy atom. The molecule has 1 radical (unpaired) electrons. The first-order valence-corrected chi connectivity index (χ1v) is 38.6. The van der Waals surface area contributed by atoms with Gasteiger partial charge in [-0.25, -0.2) is 4.39 Å². The third-order valence-corrected chi connectivity index (χ3v) is 18.9. The number of nitrogens with one attached hydrogen (secondary N) is 3. The van der Waals surface area contributed by atoms with Gasteiger partial charge in [0.05, 0.1) is 24.1 Å². The number of carbonyl (C=O) groups excluding carboxylic acids is 3. The summed E-state index contributed by atoms with van der Waals surface area (Å²) in [5.74, 6) is 2.47. The Hall–Kier alpha value is -6.44. The number of rotatable bonds is 30. The molecule has 3 aliphatic rings. The van der Waals surface area contributed by atoms with Crippen LogP contribution < -0.4 is 20.3 Å². The Kier molecular flexibility index (Phi) is 47.3. The molecule has 14 heteroatoms. The Morgan fingerprint density at radius 1 is 0.859 bits per heavy atom. The number of aromatic nitrogens is 1. The summed E-state index contributed by atoms with van der Waals surface area (Å²) in [7, 11) is 9.31. The molecule has 1 aliphatic heterocycles. The van der Waals surface area contributed by atoms with Crippen LogP contribution in [0.2, 0.25) is 5.02 Å². The summed E-state index contributed by atoms with van der Waals surface area (Å²) in [6, 6.07) is 21.4. The number of carbonyl (C=O) groups is 3. The first kappa shape index (κ1) is 90.6. The average Bonchev–Trinajstić information content (AvgIpc) is 1.62. The van der Waals surface area contributed by atoms with E-state index in [1.54, 1.807) is 12.1 Å². The first-order chi connectivity index (χ1) is 47.8. The molecule has 2 aliphatic carbocycles. The predicted molar refractivity (Wildman–Crippen MR) is 428 cm³/mol. The van der Waals surface area contributed by atoms with E-state index >= 15 is 0 Å². The van der Waals surface area contributed by atoms with Crippen LogP contribution in [0.4, 0.5) is 4.39 Å². The summed E-state index contributed by atoms with van der Waals surface area (Å²) in [5, 5.41) is 10.1. The van der Waals surface area contributed by atoms with Gasteiger partial charge in [0.15, 0.2) is 0 Å². The summed E-state index contributed by atoms with van der Waals surface area (Å²) >= 11 is 7.09. The van der Waals surface area contributed by atoms with Crippen LogP contribution in [0.25, 0.3) is 32.9 Å². The number of quaternary nitrogens is 1. The van der Waals surface area contributed by atoms with Crippen molar-refractivity contribution in [1.29, 1.82) is 0 Å². The fraction of sp³-hybridized carbons (Fsp3) is 0.576. The van der Waals surface area contributed by atoms with Gasteiger partial charge in [-0.05, 0) is 168 Å². The maximum atomic E-state index is 13.1. The number of fused-ring (bicyclic) bond motifs is 3. The van der Waals surface area contributed by atoms with E-state index in [1.165, 1.54) is 117 Å². The summed E-state index contributed by atoms with van der Waals surface area (Å²) in [5.41, 5.74) is 15.8. The van der Waals surface area contributed by atoms with Crippen molar-refractivity contribution >= 4 is 76.4 Å². The van der Waals surface area contributed by atoms with E-state index in [9.17, 15) is 18.8 Å². The molecule has 2 amide bonds. The zero-order chi connectivity index (χ0) is 74.6. The summed E-state index contributed by atoms with van der Waals surface area (Å²) < 4.78 is 26.2. The van der Waals surface area contributed by atoms with Gasteiger partial charge in [0.2, 0.25) is 6.73 Å². The number of allylic oxidation sites excluding steroid dienone is 6. The summed E-state index contributed by atoms with van der Waals surface area (Å²) in [6.07, 6.45) is 25.1. The van der Waals surface area contributed by atoms with Crippen LogP contribution in [0.15, 0.2) is 102 Å². The Bertz CT molecular complexity index is 3280. The second-order valence-electron chi connectivity index (χ2n) is 25.5. The van der Waals surface area contributed by atoms with E-state index in [0.717, 1.165) is 123 Å². The third kappa shape index (κ3) is 28.1. The van der Waals surface area contributed by atoms with Crippen LogP contribution in [-0.2, 0) is 38.6 Å². The standard InChI is InChI=1S/C31H48ClN.C25H35BN3O3.C14H13F.C5H11NO2.C4H9N.3C2H6/c1-10-14-16-26-25(9)33(20-19-21(5)12-3)31-27(26)17-18-28(32)30(31)29(23(7)15-11-2)24(8)22(6)13-4;1-4-8-21(25(31)27-17-26)29-15-20-19(24(29)18-11-12-18)9-7-10-22(20)32-16-23(30)28(13-5-2)14-6-3;15-12-7-8-14-11(9-12)5-2-6-13(14)10-3-1-4-10;1-3-6(2)4-8-5-7;1-3-4-5-2;3*1-2/h15,17-18,21-22H,10-14,16,19-20H2,1-9H3;7,9-10,17,21H,4-6,8,11-16H2,1-3H3,(H,27,31);2,5-10H,1,3-4H2;5H,3-4H2,1-2H3;3-5H,1-2H3;3*1-2H3/p+1/b23-15-,29-24+;;;;4-3-;;;. The second kappa shape index (κ2) is 51.7. The molecular weight excluding hydrogens is 1250 g/mol. The van der Waals surface area contributed by atoms with Gasteiger partial charge in [0.25, 0.3) is 6.47 Å². The molecule has 2 heterocycles. The number of halogens is 2. The van der Waals surface area contributed by atoms with Crippen LogP contribution in [0.1, 0.15) is 267 Å². The second-order valence-corrected chi connectivity index (χ2v) is 25.9. The number of amides is 2. The van der Waals surface area contributed by atoms with Gasteiger partial charge in [-0.1, -0.05) is 176 Å². The van der Waals surface area contributed by atoms with Crippen molar-refractivity contribution in [3.8, 4) is 5.75 Å². The molecule has 0 bridgehead atoms. The molecule has 4 unspecified atom stereocenters. The molecular formula is C85H135BClFN6O5+. The number of hydrogen-bond donors (Lipinski definition) is 3. The van der Waals surface area contributed by atoms with E-state index < -0.39 is 0 Å². The number of benzene rings is 4. The summed E-state index contributed by atoms with van der Waals surface area (Å²) in [6.45, 7) is 48.1. The normalized spacial score (nSPS) is 14.2. The van der Waals surface area contributed by atoms with Gasteiger partial charge < -0.3 is 19.5 Å². The van der Waals surface area contributed by atoms with Crippen molar-refractivity contribution in [3.05, 3.63) is 146 Å². The fourth-order valence-electron chi connectivity index (χ4n) is 12.3. The van der Waals surface area contributed by atoms with Crippen molar-refractivity contribution in [3.63, 3.8) is 0 Å². The van der Waals surface area contributed by atoms with Crippen LogP contribution in [-0.4, -0.2) is 99.3 Å². The van der Waals surface area contributed by atoms with Crippen molar-refractivity contribution < 1.29 is 33.1 Å². The Balaban J connectivity index is 0.000000681. The molecule has 0 saturated heterocycles. The molecule has 4 aromatic carbocycles. The molecule has 0 spiro atoms. The van der Waals surface area contributed by atoms with Crippen LogP contribution >= 0.6 is 11.6 Å². The predicted octanol–water partition coefficient (Wildman–Crippen LogP) is 20.5. The van der Waals surface area contributed by atoms with Gasteiger partial charge in [-0.15, -0.1) is 0 Å². The molecule has 2 fully saturated rings. The van der Waals surface area contributed by atoms with Gasteiger partial charge in [-0.3, -0.25) is 4.79 Å². The first-order valence-electron chi connectivity index (χ1n) is 38.2. The average molecular weight is 1390 g/mol. The van der Waals surface area contributed by atoms with Crippen molar-refractivity contribution in [2.45, 2.75) is 266 Å². The zero-order valence-electron chi connectivity index (χ0n) is 66.0. The van der Waals surface area contributed by atoms with Crippen LogP contribution in [0, 0.1) is 24.6 Å². The van der Waals surface area contributed by atoms with Gasteiger partial charge >= 0.3 is 153 Å². The molecule has 5 aromatic rings. The molecule has 3 N–H and O–H groups in total. The summed E-state index contributed by atoms with van der Waals surface area (Å²) in [4.78, 5) is 40.4. The zero-order valence-corrected chi connectivity index (χ0v) is 66.8. The van der Waals surface area contributed by atoms with E-state index in [0.29, 0.717) is 31.6 Å². The number of ether oxygens (including phenoxy) is 2. The minimum atomic E-state index is -0.297. The number of hydrogen-bond acceptors (Lipinski definition) is 7. The molecule has 11 nitrogen and oxygen atoms in total. The number of nitrogens with zero attached hydrogens (tertiary/aromatic N) is 3. The van der Waals surface area contributed by atoms with Crippen LogP contribution in [0.3, 0.4) is 0 Å². The monoisotopic (exact) mass is 1390 g/mol. The number of aryl methyl sites for hydroxylation is 2. The molecule has 2 saturated carbocycles. The molecule has 4 atom stereocenters. The van der Waals surface area contributed by atoms with Gasteiger partial charge in [0.1, 0.15) is 5.82 Å². The molecule has 551 valence electrons. The van der Waals surface area contributed by atoms with Crippen LogP contribution in [0.5, 0.6) is 5.75 Å². The molecule has 8 rings (SSSR count). The Labute approximate surface area is 608 Å². The minimum absolute atomic E-state index is 0.0173. The van der Waals surface area contributed by atoms with Crippen molar-refractivity contribution in [1.82, 2.24) is 25.0 Å². The van der Waals surface area contributed by atoms with E-state index in [-0.39, 0.29) is 30.3 Å². The SMILES string of the molecule is C/C=C\NC.CC.CC.CC.CC/C=C(C)\C(=C(\C)C(C)CC)c1c(Cl)ccc2c(CCCC)c(C)n(CCC(C)CC)c12.CC[NH+](C)COC=O.Fc1ccc2c(C3CCC3)cccc2c1.[B]=CNC(=O)C(CCC)N1Cc2c(OCC(=O)N(CCC)CCC)cccc2C1=C1CC1. The van der Waals surface area contributed by atoms with E-state index in [2.05, 4.69) is 138 Å². The molecule has 1 aromatic heterocycles. The third-order valence-electron chi connectivity index (χ3n) is 18.5. The van der Waals surface area contributed by atoms with Gasteiger partial charge in [0, 0.05) is 43.3 Å². The number of unbranched alkanes of at least 4 members (excludes halogenated alkanes) is 1. The Morgan fingerprint density at radius 2 is 1.52 bits per heavy atom. The van der Waals surface area contributed by atoms with E-state index in [1.807, 2.05) is 117 Å². The van der Waals surface area contributed by atoms with E-state index in [4.69, 9.17) is 23.8 Å². The fourth-order valence-corrected chi connectivity index (χ4v) is 12.5.